The van der Waals surface area contributed by atoms with Gasteiger partial charge < -0.3 is 16.4 Å². The van der Waals surface area contributed by atoms with Crippen molar-refractivity contribution in [1.82, 2.24) is 24.7 Å². The highest BCUT2D eigenvalue weighted by Crippen LogP contribution is 2.32. The zero-order valence-corrected chi connectivity index (χ0v) is 19.7. The van der Waals surface area contributed by atoms with Gasteiger partial charge in [0.15, 0.2) is 0 Å². The molecular formula is C26H29N7O. The summed E-state index contributed by atoms with van der Waals surface area (Å²) in [5, 5.41) is 6.49. The first-order chi connectivity index (χ1) is 16.4. The molecule has 1 atom stereocenters. The first-order valence-electron chi connectivity index (χ1n) is 11.7. The molecule has 4 N–H and O–H groups in total. The minimum Gasteiger partial charge on any atom is -0.382 e. The fourth-order valence-electron chi connectivity index (χ4n) is 4.74. The van der Waals surface area contributed by atoms with Crippen LogP contribution in [-0.4, -0.2) is 31.8 Å². The Balaban J connectivity index is 1.49. The first-order valence-corrected chi connectivity index (χ1v) is 11.7. The van der Waals surface area contributed by atoms with Crippen LogP contribution in [0.15, 0.2) is 49.1 Å². The molecule has 5 rings (SSSR count). The zero-order valence-electron chi connectivity index (χ0n) is 19.7. The number of amides is 1. The van der Waals surface area contributed by atoms with Crippen LogP contribution >= 0.6 is 0 Å². The Morgan fingerprint density at radius 3 is 2.85 bits per heavy atom. The monoisotopic (exact) mass is 455 g/mol. The van der Waals surface area contributed by atoms with Crippen LogP contribution in [-0.2, 0) is 0 Å². The molecule has 0 radical (unpaired) electrons. The van der Waals surface area contributed by atoms with Crippen LogP contribution < -0.4 is 16.4 Å². The average molecular weight is 456 g/mol. The standard InChI is InChI=1S/C26H29N7O/c1-15(2)20-7-6-19(11-16(20)3)31-26(34)18-12-17(13-28-14-18)22-23-24(27)30-9-10-33(23)25(32-22)21-5-4-8-29-21/h6-7,9-15,21,29H,4-5,8H2,1-3H3,(H2,27,30)(H,31,34)/t21-/m0/s1. The number of aryl methyl sites for hydroxylation is 1. The van der Waals surface area contributed by atoms with Crippen LogP contribution in [0.5, 0.6) is 0 Å². The summed E-state index contributed by atoms with van der Waals surface area (Å²) in [4.78, 5) is 26.6. The average Bonchev–Trinajstić information content (AvgIpc) is 3.47. The van der Waals surface area contributed by atoms with Crippen molar-refractivity contribution in [1.29, 1.82) is 0 Å². The molecule has 1 aromatic carbocycles. The van der Waals surface area contributed by atoms with E-state index in [0.29, 0.717) is 23.0 Å². The van der Waals surface area contributed by atoms with E-state index >= 15 is 0 Å². The lowest BCUT2D eigenvalue weighted by molar-refractivity contribution is 0.102. The molecule has 34 heavy (non-hydrogen) atoms. The smallest absolute Gasteiger partial charge is 0.257 e. The second-order valence-electron chi connectivity index (χ2n) is 9.14. The number of benzene rings is 1. The van der Waals surface area contributed by atoms with Gasteiger partial charge in [0.05, 0.1) is 11.6 Å². The lowest BCUT2D eigenvalue weighted by Gasteiger charge is -2.12. The van der Waals surface area contributed by atoms with Crippen LogP contribution in [0.25, 0.3) is 16.8 Å². The summed E-state index contributed by atoms with van der Waals surface area (Å²) >= 11 is 0. The van der Waals surface area contributed by atoms with Crippen LogP contribution in [0.4, 0.5) is 11.5 Å². The van der Waals surface area contributed by atoms with Gasteiger partial charge in [-0.25, -0.2) is 9.97 Å². The molecule has 0 saturated carbocycles. The van der Waals surface area contributed by atoms with Gasteiger partial charge in [-0.15, -0.1) is 0 Å². The molecular weight excluding hydrogens is 426 g/mol. The van der Waals surface area contributed by atoms with Gasteiger partial charge >= 0.3 is 0 Å². The molecule has 8 nitrogen and oxygen atoms in total. The van der Waals surface area contributed by atoms with Gasteiger partial charge in [-0.3, -0.25) is 14.2 Å². The fraction of sp³-hybridized carbons (Fsp3) is 0.308. The van der Waals surface area contributed by atoms with E-state index in [0.717, 1.165) is 47.5 Å². The number of nitrogens with zero attached hydrogens (tertiary/aromatic N) is 4. The lowest BCUT2D eigenvalue weighted by Crippen LogP contribution is -2.16. The van der Waals surface area contributed by atoms with Gasteiger partial charge in [-0.05, 0) is 61.6 Å². The maximum Gasteiger partial charge on any atom is 0.257 e. The third kappa shape index (κ3) is 4.01. The number of carbonyl (C=O) groups is 1. The number of rotatable bonds is 5. The van der Waals surface area contributed by atoms with Gasteiger partial charge in [0.1, 0.15) is 22.9 Å². The Morgan fingerprint density at radius 1 is 1.26 bits per heavy atom. The Bertz CT molecular complexity index is 1370. The molecule has 8 heteroatoms. The summed E-state index contributed by atoms with van der Waals surface area (Å²) in [5.41, 5.74) is 12.0. The molecule has 1 fully saturated rings. The van der Waals surface area contributed by atoms with E-state index < -0.39 is 0 Å². The number of anilines is 2. The molecule has 4 aromatic rings. The van der Waals surface area contributed by atoms with Crippen LogP contribution in [0, 0.1) is 6.92 Å². The van der Waals surface area contributed by atoms with Crippen LogP contribution in [0.1, 0.15) is 66.0 Å². The normalized spacial score (nSPS) is 15.8. The molecule has 0 spiro atoms. The van der Waals surface area contributed by atoms with E-state index in [1.807, 2.05) is 22.7 Å². The fourth-order valence-corrected chi connectivity index (χ4v) is 4.74. The van der Waals surface area contributed by atoms with E-state index in [2.05, 4.69) is 47.4 Å². The number of carbonyl (C=O) groups excluding carboxylic acids is 1. The van der Waals surface area contributed by atoms with E-state index in [1.165, 1.54) is 5.56 Å². The van der Waals surface area contributed by atoms with Crippen molar-refractivity contribution in [2.75, 3.05) is 17.6 Å². The second kappa shape index (κ2) is 8.87. The second-order valence-corrected chi connectivity index (χ2v) is 9.14. The molecule has 1 aliphatic heterocycles. The summed E-state index contributed by atoms with van der Waals surface area (Å²) in [6.07, 6.45) is 8.94. The number of aromatic nitrogens is 4. The van der Waals surface area contributed by atoms with Gasteiger partial charge in [0.25, 0.3) is 5.91 Å². The Morgan fingerprint density at radius 2 is 2.12 bits per heavy atom. The molecule has 4 heterocycles. The molecule has 0 aliphatic carbocycles. The Labute approximate surface area is 198 Å². The first kappa shape index (κ1) is 22.0. The third-order valence-electron chi connectivity index (χ3n) is 6.41. The maximum absolute atomic E-state index is 13.0. The largest absolute Gasteiger partial charge is 0.382 e. The SMILES string of the molecule is Cc1cc(NC(=O)c2cncc(-c3nc([C@@H]4CCCN4)n4ccnc(N)c34)c2)ccc1C(C)C. The Hall–Kier alpha value is -3.78. The van der Waals surface area contributed by atoms with Crippen molar-refractivity contribution < 1.29 is 4.79 Å². The van der Waals surface area contributed by atoms with Crippen molar-refractivity contribution in [3.63, 3.8) is 0 Å². The highest BCUT2D eigenvalue weighted by molar-refractivity contribution is 6.05. The number of pyridine rings is 1. The maximum atomic E-state index is 13.0. The van der Waals surface area contributed by atoms with Crippen molar-refractivity contribution in [3.8, 4) is 11.3 Å². The molecule has 174 valence electrons. The number of hydrogen-bond donors (Lipinski definition) is 3. The Kier molecular flexibility index (Phi) is 5.75. The number of imidazole rings is 1. The van der Waals surface area contributed by atoms with Gasteiger partial charge in [-0.2, -0.15) is 0 Å². The molecule has 0 unspecified atom stereocenters. The van der Waals surface area contributed by atoms with Crippen molar-refractivity contribution in [2.24, 2.45) is 0 Å². The number of fused-ring (bicyclic) bond motifs is 1. The van der Waals surface area contributed by atoms with E-state index in [4.69, 9.17) is 10.7 Å². The number of nitrogen functional groups attached to an aromatic ring is 1. The number of nitrogens with two attached hydrogens (primary N) is 1. The predicted molar refractivity (Wildman–Crippen MR) is 134 cm³/mol. The van der Waals surface area contributed by atoms with Gasteiger partial charge in [0.2, 0.25) is 0 Å². The van der Waals surface area contributed by atoms with Crippen LogP contribution in [0.3, 0.4) is 0 Å². The summed E-state index contributed by atoms with van der Waals surface area (Å²) in [6.45, 7) is 7.35. The predicted octanol–water partition coefficient (Wildman–Crippen LogP) is 4.48. The molecule has 1 aliphatic rings. The van der Waals surface area contributed by atoms with Crippen molar-refractivity contribution in [3.05, 3.63) is 71.6 Å². The van der Waals surface area contributed by atoms with E-state index in [9.17, 15) is 4.79 Å². The summed E-state index contributed by atoms with van der Waals surface area (Å²) in [6, 6.07) is 7.96. The van der Waals surface area contributed by atoms with E-state index in [-0.39, 0.29) is 11.9 Å². The molecule has 0 bridgehead atoms. The summed E-state index contributed by atoms with van der Waals surface area (Å²) in [5.74, 6) is 1.50. The van der Waals surface area contributed by atoms with Crippen molar-refractivity contribution >= 4 is 22.9 Å². The minimum absolute atomic E-state index is 0.152. The van der Waals surface area contributed by atoms with Crippen LogP contribution in [0.2, 0.25) is 0 Å². The molecule has 1 saturated heterocycles. The lowest BCUT2D eigenvalue weighted by atomic mass is 9.97. The van der Waals surface area contributed by atoms with Gasteiger partial charge in [0, 0.05) is 36.0 Å². The van der Waals surface area contributed by atoms with Gasteiger partial charge in [-0.1, -0.05) is 19.9 Å². The quantitative estimate of drug-likeness (QED) is 0.409. The summed E-state index contributed by atoms with van der Waals surface area (Å²) in [7, 11) is 0. The highest BCUT2D eigenvalue weighted by atomic mass is 16.1. The van der Waals surface area contributed by atoms with E-state index in [1.54, 1.807) is 24.7 Å². The third-order valence-corrected chi connectivity index (χ3v) is 6.41. The topological polar surface area (TPSA) is 110 Å². The molecule has 3 aromatic heterocycles. The summed E-state index contributed by atoms with van der Waals surface area (Å²) < 4.78 is 1.99. The minimum atomic E-state index is -0.224. The number of nitrogens with one attached hydrogen (secondary N) is 2. The molecule has 1 amide bonds. The van der Waals surface area contributed by atoms with Crippen molar-refractivity contribution in [2.45, 2.75) is 45.6 Å². The number of hydrogen-bond acceptors (Lipinski definition) is 6. The highest BCUT2D eigenvalue weighted by Gasteiger charge is 2.25. The zero-order chi connectivity index (χ0) is 23.8.